The van der Waals surface area contributed by atoms with Gasteiger partial charge in [0, 0.05) is 17.9 Å². The van der Waals surface area contributed by atoms with E-state index in [0.717, 1.165) is 22.5 Å². The van der Waals surface area contributed by atoms with Gasteiger partial charge in [-0.05, 0) is 17.7 Å². The minimum atomic E-state index is 0.420. The minimum Gasteiger partial charge on any atom is -0.324 e. The van der Waals surface area contributed by atoms with Gasteiger partial charge in [0.25, 0.3) is 0 Å². The molecule has 5 heteroatoms. The predicted octanol–water partition coefficient (Wildman–Crippen LogP) is 1.63. The van der Waals surface area contributed by atoms with Gasteiger partial charge in [0.05, 0.1) is 6.54 Å². The number of rotatable bonds is 3. The first-order chi connectivity index (χ1) is 7.70. The van der Waals surface area contributed by atoms with E-state index in [0.29, 0.717) is 6.54 Å². The summed E-state index contributed by atoms with van der Waals surface area (Å²) in [5.41, 5.74) is 6.76. The lowest BCUT2D eigenvalue weighted by molar-refractivity contribution is 0.758. The maximum Gasteiger partial charge on any atom is 0.146 e. The van der Waals surface area contributed by atoms with Gasteiger partial charge in [-0.25, -0.2) is 0 Å². The average Bonchev–Trinajstić information content (AvgIpc) is 2.63. The maximum absolute atomic E-state index is 5.55. The molecular formula is C11H13BrN4. The van der Waals surface area contributed by atoms with Crippen molar-refractivity contribution >= 4 is 15.9 Å². The van der Waals surface area contributed by atoms with Crippen molar-refractivity contribution in [3.05, 3.63) is 46.0 Å². The molecule has 2 N–H and O–H groups in total. The molecule has 84 valence electrons. The molecule has 0 radical (unpaired) electrons. The molecule has 0 aliphatic carbocycles. The van der Waals surface area contributed by atoms with Gasteiger partial charge in [-0.15, -0.1) is 10.2 Å². The number of halogens is 1. The second-order valence-electron chi connectivity index (χ2n) is 3.60. The number of aromatic nitrogens is 3. The number of nitrogens with zero attached hydrogens (tertiary/aromatic N) is 3. The first kappa shape index (κ1) is 11.3. The van der Waals surface area contributed by atoms with E-state index in [1.54, 1.807) is 0 Å². The molecule has 0 aliphatic heterocycles. The summed E-state index contributed by atoms with van der Waals surface area (Å²) in [4.78, 5) is 0. The summed E-state index contributed by atoms with van der Waals surface area (Å²) >= 11 is 3.41. The zero-order valence-corrected chi connectivity index (χ0v) is 10.6. The van der Waals surface area contributed by atoms with Crippen molar-refractivity contribution in [2.24, 2.45) is 12.8 Å². The summed E-state index contributed by atoms with van der Waals surface area (Å²) < 4.78 is 3.03. The van der Waals surface area contributed by atoms with Gasteiger partial charge in [0.15, 0.2) is 0 Å². The van der Waals surface area contributed by atoms with Crippen LogP contribution in [0.4, 0.5) is 0 Å². The van der Waals surface area contributed by atoms with Gasteiger partial charge < -0.3 is 10.3 Å². The molecule has 4 nitrogen and oxygen atoms in total. The van der Waals surface area contributed by atoms with E-state index in [-0.39, 0.29) is 0 Å². The zero-order valence-electron chi connectivity index (χ0n) is 9.02. The van der Waals surface area contributed by atoms with Crippen LogP contribution in [0.5, 0.6) is 0 Å². The molecule has 0 fully saturated rings. The second-order valence-corrected chi connectivity index (χ2v) is 4.51. The minimum absolute atomic E-state index is 0.420. The topological polar surface area (TPSA) is 56.7 Å². The van der Waals surface area contributed by atoms with E-state index < -0.39 is 0 Å². The Morgan fingerprint density at radius 3 is 2.38 bits per heavy atom. The summed E-state index contributed by atoms with van der Waals surface area (Å²) in [6.45, 7) is 0.420. The lowest BCUT2D eigenvalue weighted by Crippen LogP contribution is -2.07. The highest BCUT2D eigenvalue weighted by atomic mass is 79.9. The highest BCUT2D eigenvalue weighted by Crippen LogP contribution is 2.13. The molecule has 0 saturated carbocycles. The zero-order chi connectivity index (χ0) is 11.5. The van der Waals surface area contributed by atoms with E-state index in [4.69, 9.17) is 5.73 Å². The summed E-state index contributed by atoms with van der Waals surface area (Å²) in [5.74, 6) is 1.75. The first-order valence-corrected chi connectivity index (χ1v) is 5.81. The van der Waals surface area contributed by atoms with Gasteiger partial charge in [0.1, 0.15) is 11.6 Å². The van der Waals surface area contributed by atoms with Crippen LogP contribution in [-0.2, 0) is 20.0 Å². The Labute approximate surface area is 103 Å². The molecule has 1 aromatic carbocycles. The third-order valence-electron chi connectivity index (χ3n) is 2.51. The standard InChI is InChI=1S/C11H13BrN4/c1-16-10(14-15-11(16)7-13)6-8-2-4-9(12)5-3-8/h2-5H,6-7,13H2,1H3. The fourth-order valence-electron chi connectivity index (χ4n) is 1.52. The third kappa shape index (κ3) is 2.31. The van der Waals surface area contributed by atoms with E-state index in [2.05, 4.69) is 38.3 Å². The lowest BCUT2D eigenvalue weighted by atomic mass is 10.1. The molecule has 0 spiro atoms. The van der Waals surface area contributed by atoms with Crippen LogP contribution in [0, 0.1) is 0 Å². The van der Waals surface area contributed by atoms with Crippen LogP contribution < -0.4 is 5.73 Å². The molecule has 0 bridgehead atoms. The van der Waals surface area contributed by atoms with Crippen LogP contribution >= 0.6 is 15.9 Å². The summed E-state index contributed by atoms with van der Waals surface area (Å²) in [5, 5.41) is 8.15. The van der Waals surface area contributed by atoms with Gasteiger partial charge >= 0.3 is 0 Å². The first-order valence-electron chi connectivity index (χ1n) is 5.02. The van der Waals surface area contributed by atoms with Crippen molar-refractivity contribution in [3.8, 4) is 0 Å². The van der Waals surface area contributed by atoms with E-state index >= 15 is 0 Å². The molecule has 2 rings (SSSR count). The Hall–Kier alpha value is -1.20. The lowest BCUT2D eigenvalue weighted by Gasteiger charge is -2.02. The fraction of sp³-hybridized carbons (Fsp3) is 0.273. The fourth-order valence-corrected chi connectivity index (χ4v) is 1.78. The molecule has 0 saturated heterocycles. The number of nitrogens with two attached hydrogens (primary N) is 1. The maximum atomic E-state index is 5.55. The van der Waals surface area contributed by atoms with Crippen molar-refractivity contribution in [2.75, 3.05) is 0 Å². The molecule has 2 aromatic rings. The van der Waals surface area contributed by atoms with Gasteiger partial charge in [-0.1, -0.05) is 28.1 Å². The van der Waals surface area contributed by atoms with E-state index in [9.17, 15) is 0 Å². The van der Waals surface area contributed by atoms with Crippen LogP contribution in [0.1, 0.15) is 17.2 Å². The van der Waals surface area contributed by atoms with Crippen LogP contribution in [0.2, 0.25) is 0 Å². The third-order valence-corrected chi connectivity index (χ3v) is 3.04. The molecule has 0 unspecified atom stereocenters. The van der Waals surface area contributed by atoms with Gasteiger partial charge in [0.2, 0.25) is 0 Å². The van der Waals surface area contributed by atoms with Crippen LogP contribution in [0.3, 0.4) is 0 Å². The molecule has 16 heavy (non-hydrogen) atoms. The predicted molar refractivity (Wildman–Crippen MR) is 65.8 cm³/mol. The van der Waals surface area contributed by atoms with Crippen LogP contribution in [-0.4, -0.2) is 14.8 Å². The molecule has 0 amide bonds. The molecule has 1 aromatic heterocycles. The number of hydrogen-bond donors (Lipinski definition) is 1. The van der Waals surface area contributed by atoms with Crippen molar-refractivity contribution in [1.29, 1.82) is 0 Å². The molecule has 0 aliphatic rings. The molecule has 1 heterocycles. The van der Waals surface area contributed by atoms with Crippen molar-refractivity contribution in [2.45, 2.75) is 13.0 Å². The normalized spacial score (nSPS) is 10.7. The molecular weight excluding hydrogens is 268 g/mol. The summed E-state index contributed by atoms with van der Waals surface area (Å²) in [6, 6.07) is 8.19. The Morgan fingerprint density at radius 2 is 1.81 bits per heavy atom. The smallest absolute Gasteiger partial charge is 0.146 e. The van der Waals surface area contributed by atoms with Crippen LogP contribution in [0.15, 0.2) is 28.7 Å². The summed E-state index contributed by atoms with van der Waals surface area (Å²) in [6.07, 6.45) is 0.775. The van der Waals surface area contributed by atoms with Crippen molar-refractivity contribution in [1.82, 2.24) is 14.8 Å². The highest BCUT2D eigenvalue weighted by Gasteiger charge is 2.07. The average molecular weight is 281 g/mol. The Bertz CT molecular complexity index is 475. The molecule has 0 atom stereocenters. The van der Waals surface area contributed by atoms with Gasteiger partial charge in [-0.3, -0.25) is 0 Å². The van der Waals surface area contributed by atoms with Crippen molar-refractivity contribution in [3.63, 3.8) is 0 Å². The summed E-state index contributed by atoms with van der Waals surface area (Å²) in [7, 11) is 1.94. The Morgan fingerprint density at radius 1 is 1.19 bits per heavy atom. The highest BCUT2D eigenvalue weighted by molar-refractivity contribution is 9.10. The van der Waals surface area contributed by atoms with Crippen molar-refractivity contribution < 1.29 is 0 Å². The van der Waals surface area contributed by atoms with E-state index in [1.807, 2.05) is 23.7 Å². The number of benzene rings is 1. The quantitative estimate of drug-likeness (QED) is 0.930. The second kappa shape index (κ2) is 4.76. The monoisotopic (exact) mass is 280 g/mol. The largest absolute Gasteiger partial charge is 0.324 e. The Balaban J connectivity index is 2.20. The van der Waals surface area contributed by atoms with Crippen LogP contribution in [0.25, 0.3) is 0 Å². The Kier molecular flexibility index (Phi) is 3.36. The van der Waals surface area contributed by atoms with E-state index in [1.165, 1.54) is 5.56 Å². The number of hydrogen-bond acceptors (Lipinski definition) is 3. The van der Waals surface area contributed by atoms with Gasteiger partial charge in [-0.2, -0.15) is 0 Å². The SMILES string of the molecule is Cn1c(CN)nnc1Cc1ccc(Br)cc1.